The van der Waals surface area contributed by atoms with Crippen molar-refractivity contribution in [1.82, 2.24) is 10.1 Å². The molecule has 6 heteroatoms. The molecule has 0 saturated carbocycles. The molecule has 0 spiro atoms. The molecule has 90 valence electrons. The summed E-state index contributed by atoms with van der Waals surface area (Å²) in [5.74, 6) is 0.858. The summed E-state index contributed by atoms with van der Waals surface area (Å²) in [6, 6.07) is 1.91. The number of benzene rings is 1. The fourth-order valence-corrected chi connectivity index (χ4v) is 2.11. The van der Waals surface area contributed by atoms with Crippen molar-refractivity contribution in [1.29, 1.82) is 0 Å². The van der Waals surface area contributed by atoms with E-state index in [0.717, 1.165) is 15.6 Å². The lowest BCUT2D eigenvalue weighted by atomic mass is 10.0. The smallest absolute Gasteiger partial charge is 0.240 e. The van der Waals surface area contributed by atoms with E-state index < -0.39 is 0 Å². The predicted molar refractivity (Wildman–Crippen MR) is 66.5 cm³/mol. The number of hydrogen-bond donors (Lipinski definition) is 2. The summed E-state index contributed by atoms with van der Waals surface area (Å²) in [6.45, 7) is 3.87. The van der Waals surface area contributed by atoms with E-state index in [1.54, 1.807) is 0 Å². The van der Waals surface area contributed by atoms with E-state index in [4.69, 9.17) is 10.3 Å². The number of aromatic nitrogens is 2. The first-order chi connectivity index (χ1) is 8.04. The minimum Gasteiger partial charge on any atom is -0.507 e. The summed E-state index contributed by atoms with van der Waals surface area (Å²) in [7, 11) is 0. The van der Waals surface area contributed by atoms with Crippen molar-refractivity contribution in [3.63, 3.8) is 0 Å². The van der Waals surface area contributed by atoms with E-state index >= 15 is 0 Å². The number of halogens is 1. The van der Waals surface area contributed by atoms with Gasteiger partial charge in [-0.15, -0.1) is 0 Å². The molecule has 0 aliphatic heterocycles. The number of phenols is 1. The molecule has 5 nitrogen and oxygen atoms in total. The van der Waals surface area contributed by atoms with Gasteiger partial charge >= 0.3 is 0 Å². The Hall–Kier alpha value is -1.40. The van der Waals surface area contributed by atoms with E-state index in [9.17, 15) is 5.11 Å². The maximum atomic E-state index is 10.1. The number of rotatable bonds is 2. The first kappa shape index (κ1) is 12.1. The highest BCUT2D eigenvalue weighted by Crippen LogP contribution is 2.37. The van der Waals surface area contributed by atoms with Gasteiger partial charge in [0.15, 0.2) is 0 Å². The maximum Gasteiger partial charge on any atom is 0.240 e. The van der Waals surface area contributed by atoms with Gasteiger partial charge in [-0.1, -0.05) is 21.1 Å². The van der Waals surface area contributed by atoms with Crippen molar-refractivity contribution >= 4 is 15.9 Å². The Balaban J connectivity index is 2.62. The molecular weight excluding hydrogens is 286 g/mol. The molecule has 0 saturated heterocycles. The lowest BCUT2D eigenvalue weighted by Crippen LogP contribution is -1.96. The Bertz CT molecular complexity index is 566. The van der Waals surface area contributed by atoms with Crippen LogP contribution in [0.3, 0.4) is 0 Å². The van der Waals surface area contributed by atoms with E-state index in [0.29, 0.717) is 17.3 Å². The van der Waals surface area contributed by atoms with Crippen molar-refractivity contribution in [2.75, 3.05) is 0 Å². The zero-order valence-corrected chi connectivity index (χ0v) is 11.1. The van der Waals surface area contributed by atoms with Crippen LogP contribution in [0.4, 0.5) is 0 Å². The summed E-state index contributed by atoms with van der Waals surface area (Å²) in [6.07, 6.45) is 0. The van der Waals surface area contributed by atoms with Crippen LogP contribution in [0.2, 0.25) is 0 Å². The Morgan fingerprint density at radius 1 is 1.47 bits per heavy atom. The van der Waals surface area contributed by atoms with Crippen LogP contribution in [0.1, 0.15) is 17.0 Å². The quantitative estimate of drug-likeness (QED) is 0.888. The molecule has 1 heterocycles. The fraction of sp³-hybridized carbons (Fsp3) is 0.273. The molecule has 0 fully saturated rings. The fourth-order valence-electron chi connectivity index (χ4n) is 1.58. The van der Waals surface area contributed by atoms with Crippen molar-refractivity contribution in [2.24, 2.45) is 5.73 Å². The normalized spacial score (nSPS) is 10.8. The van der Waals surface area contributed by atoms with Gasteiger partial charge in [0.05, 0.1) is 12.1 Å². The number of nitrogens with two attached hydrogens (primary N) is 1. The first-order valence-corrected chi connectivity index (χ1v) is 5.85. The average molecular weight is 298 g/mol. The van der Waals surface area contributed by atoms with Gasteiger partial charge in [-0.3, -0.25) is 0 Å². The summed E-state index contributed by atoms with van der Waals surface area (Å²) in [5, 5.41) is 13.9. The zero-order valence-electron chi connectivity index (χ0n) is 9.49. The van der Waals surface area contributed by atoms with Crippen LogP contribution in [0, 0.1) is 13.8 Å². The third-order valence-electron chi connectivity index (χ3n) is 2.55. The van der Waals surface area contributed by atoms with E-state index in [1.165, 1.54) is 0 Å². The topological polar surface area (TPSA) is 85.2 Å². The second-order valence-corrected chi connectivity index (χ2v) is 4.59. The van der Waals surface area contributed by atoms with Gasteiger partial charge in [0.1, 0.15) is 5.75 Å². The SMILES string of the molecule is Cc1cc(Br)c(C)c(O)c1-c1noc(CN)n1. The summed E-state index contributed by atoms with van der Waals surface area (Å²) >= 11 is 3.38. The molecule has 0 bridgehead atoms. The van der Waals surface area contributed by atoms with Gasteiger partial charge in [-0.25, -0.2) is 0 Å². The van der Waals surface area contributed by atoms with Crippen LogP contribution in [0.25, 0.3) is 11.4 Å². The number of hydrogen-bond acceptors (Lipinski definition) is 5. The standard InChI is InChI=1S/C11H12BrN3O2/c1-5-3-7(12)6(2)10(16)9(5)11-14-8(4-13)17-15-11/h3,16H,4,13H2,1-2H3. The van der Waals surface area contributed by atoms with Gasteiger partial charge in [0.2, 0.25) is 11.7 Å². The molecule has 0 radical (unpaired) electrons. The zero-order chi connectivity index (χ0) is 12.6. The largest absolute Gasteiger partial charge is 0.507 e. The number of aromatic hydroxyl groups is 1. The molecule has 0 aliphatic carbocycles. The lowest BCUT2D eigenvalue weighted by Gasteiger charge is -2.09. The van der Waals surface area contributed by atoms with Gasteiger partial charge in [-0.2, -0.15) is 4.98 Å². The second kappa shape index (κ2) is 4.46. The van der Waals surface area contributed by atoms with Crippen molar-refractivity contribution < 1.29 is 9.63 Å². The summed E-state index contributed by atoms with van der Waals surface area (Å²) in [4.78, 5) is 4.11. The van der Waals surface area contributed by atoms with Gasteiger partial charge < -0.3 is 15.4 Å². The van der Waals surface area contributed by atoms with Crippen LogP contribution >= 0.6 is 15.9 Å². The van der Waals surface area contributed by atoms with Crippen molar-refractivity contribution in [2.45, 2.75) is 20.4 Å². The molecule has 0 unspecified atom stereocenters. The highest BCUT2D eigenvalue weighted by Gasteiger charge is 2.17. The minimum atomic E-state index is 0.154. The Morgan fingerprint density at radius 2 is 2.18 bits per heavy atom. The third-order valence-corrected chi connectivity index (χ3v) is 3.38. The van der Waals surface area contributed by atoms with Crippen molar-refractivity contribution in [3.8, 4) is 17.1 Å². The van der Waals surface area contributed by atoms with Crippen LogP contribution < -0.4 is 5.73 Å². The molecule has 1 aromatic carbocycles. The van der Waals surface area contributed by atoms with E-state index in [-0.39, 0.29) is 12.3 Å². The van der Waals surface area contributed by atoms with Gasteiger partial charge in [0.25, 0.3) is 0 Å². The van der Waals surface area contributed by atoms with Crippen LogP contribution in [0.5, 0.6) is 5.75 Å². The highest BCUT2D eigenvalue weighted by atomic mass is 79.9. The molecule has 3 N–H and O–H groups in total. The lowest BCUT2D eigenvalue weighted by molar-refractivity contribution is 0.380. The van der Waals surface area contributed by atoms with E-state index in [2.05, 4.69) is 26.1 Å². The van der Waals surface area contributed by atoms with Crippen LogP contribution in [-0.4, -0.2) is 15.2 Å². The Morgan fingerprint density at radius 3 is 2.76 bits per heavy atom. The van der Waals surface area contributed by atoms with E-state index in [1.807, 2.05) is 19.9 Å². The summed E-state index contributed by atoms with van der Waals surface area (Å²) in [5.41, 5.74) is 7.59. The third kappa shape index (κ3) is 2.05. The van der Waals surface area contributed by atoms with Gasteiger partial charge in [-0.05, 0) is 25.5 Å². The molecule has 2 aromatic rings. The molecule has 0 atom stereocenters. The molecule has 2 rings (SSSR count). The molecular formula is C11H12BrN3O2. The van der Waals surface area contributed by atoms with Gasteiger partial charge in [0, 0.05) is 10.0 Å². The minimum absolute atomic E-state index is 0.154. The molecule has 0 aliphatic rings. The first-order valence-electron chi connectivity index (χ1n) is 5.06. The average Bonchev–Trinajstić information content (AvgIpc) is 2.74. The van der Waals surface area contributed by atoms with Crippen molar-refractivity contribution in [3.05, 3.63) is 27.6 Å². The molecule has 0 amide bonds. The maximum absolute atomic E-state index is 10.1. The van der Waals surface area contributed by atoms with Crippen LogP contribution in [0.15, 0.2) is 15.1 Å². The Labute approximate surface area is 107 Å². The molecule has 17 heavy (non-hydrogen) atoms. The highest BCUT2D eigenvalue weighted by molar-refractivity contribution is 9.10. The number of phenolic OH excluding ortho intramolecular Hbond substituents is 1. The number of nitrogens with zero attached hydrogens (tertiary/aromatic N) is 2. The Kier molecular flexibility index (Phi) is 3.17. The van der Waals surface area contributed by atoms with Crippen LogP contribution in [-0.2, 0) is 6.54 Å². The predicted octanol–water partition coefficient (Wildman–Crippen LogP) is 2.28. The monoisotopic (exact) mass is 297 g/mol. The molecule has 1 aromatic heterocycles. The second-order valence-electron chi connectivity index (χ2n) is 3.74. The summed E-state index contributed by atoms with van der Waals surface area (Å²) < 4.78 is 5.79. The number of aryl methyl sites for hydroxylation is 1.